The summed E-state index contributed by atoms with van der Waals surface area (Å²) in [6, 6.07) is 13.4. The van der Waals surface area contributed by atoms with Crippen molar-refractivity contribution in [3.63, 3.8) is 0 Å². The molecule has 2 aliphatic carbocycles. The number of ketones is 3. The number of benzene rings is 2. The van der Waals surface area contributed by atoms with Gasteiger partial charge in [-0.2, -0.15) is 0 Å². The number of fused-ring (bicyclic) bond motifs is 2. The zero-order valence-electron chi connectivity index (χ0n) is 15.1. The van der Waals surface area contributed by atoms with Gasteiger partial charge in [0.1, 0.15) is 0 Å². The molecule has 28 heavy (non-hydrogen) atoms. The normalized spacial score (nSPS) is 16.2. The molecule has 2 aromatic carbocycles. The van der Waals surface area contributed by atoms with Gasteiger partial charge in [0, 0.05) is 22.3 Å². The lowest BCUT2D eigenvalue weighted by Gasteiger charge is -2.08. The number of rotatable bonds is 3. The summed E-state index contributed by atoms with van der Waals surface area (Å²) in [7, 11) is 0. The number of carbonyl (C=O) groups excluding carboxylic acids is 3. The average Bonchev–Trinajstić information content (AvgIpc) is 3.10. The fourth-order valence-electron chi connectivity index (χ4n) is 3.33. The third-order valence-corrected chi connectivity index (χ3v) is 4.84. The summed E-state index contributed by atoms with van der Waals surface area (Å²) in [6.07, 6.45) is 6.24. The molecule has 0 amide bonds. The largest absolute Gasteiger partial charge is 0.872 e. The van der Waals surface area contributed by atoms with Crippen molar-refractivity contribution >= 4 is 23.1 Å². The summed E-state index contributed by atoms with van der Waals surface area (Å²) in [6.45, 7) is 1.77. The van der Waals surface area contributed by atoms with Crippen LogP contribution in [0.5, 0.6) is 0 Å². The summed E-state index contributed by atoms with van der Waals surface area (Å²) in [4.78, 5) is 37.1. The van der Waals surface area contributed by atoms with E-state index < -0.39 is 0 Å². The van der Waals surface area contributed by atoms with Gasteiger partial charge in [-0.05, 0) is 18.6 Å². The summed E-state index contributed by atoms with van der Waals surface area (Å²) < 4.78 is 0. The second kappa shape index (κ2) is 6.74. The van der Waals surface area contributed by atoms with Gasteiger partial charge >= 0.3 is 0 Å². The number of allylic oxidation sites excluding steroid dienone is 7. The second-order valence-corrected chi connectivity index (χ2v) is 6.65. The van der Waals surface area contributed by atoms with Crippen molar-refractivity contribution in [3.8, 4) is 0 Å². The Morgan fingerprint density at radius 1 is 0.786 bits per heavy atom. The molecule has 0 bridgehead atoms. The number of hydrogen-bond donors (Lipinski definition) is 0. The van der Waals surface area contributed by atoms with Crippen LogP contribution in [0, 0.1) is 0 Å². The third-order valence-electron chi connectivity index (χ3n) is 4.84. The topological polar surface area (TPSA) is 74.3 Å². The third kappa shape index (κ3) is 2.76. The van der Waals surface area contributed by atoms with Crippen molar-refractivity contribution in [3.05, 3.63) is 112 Å². The first-order valence-electron chi connectivity index (χ1n) is 8.79. The Morgan fingerprint density at radius 3 is 1.82 bits per heavy atom. The Bertz CT molecular complexity index is 1140. The number of hydrogen-bond acceptors (Lipinski definition) is 4. The van der Waals surface area contributed by atoms with E-state index in [0.717, 1.165) is 0 Å². The summed E-state index contributed by atoms with van der Waals surface area (Å²) in [5.74, 6) is -1.17. The first-order valence-corrected chi connectivity index (χ1v) is 8.79. The molecule has 136 valence electrons. The molecular formula is C24H15O4-. The SMILES string of the molecule is CC(/C=C/C1=C([O-])c2ccccc2C1=O)=C\C=C1C(=O)c2ccccc2C1=O. The molecule has 0 unspecified atom stereocenters. The molecule has 2 aromatic rings. The van der Waals surface area contributed by atoms with Gasteiger partial charge in [-0.1, -0.05) is 78.1 Å². The van der Waals surface area contributed by atoms with E-state index in [2.05, 4.69) is 0 Å². The lowest BCUT2D eigenvalue weighted by Crippen LogP contribution is -2.02. The zero-order valence-corrected chi connectivity index (χ0v) is 15.1. The monoisotopic (exact) mass is 367 g/mol. The van der Waals surface area contributed by atoms with Crippen LogP contribution in [-0.4, -0.2) is 17.3 Å². The predicted octanol–water partition coefficient (Wildman–Crippen LogP) is 3.46. The molecule has 0 radical (unpaired) electrons. The lowest BCUT2D eigenvalue weighted by molar-refractivity contribution is -0.244. The number of Topliss-reactive ketones (excluding diaryl/α,β-unsaturated/α-hetero) is 3. The highest BCUT2D eigenvalue weighted by Crippen LogP contribution is 2.30. The van der Waals surface area contributed by atoms with Crippen molar-refractivity contribution in [1.82, 2.24) is 0 Å². The van der Waals surface area contributed by atoms with Gasteiger partial charge in [-0.15, -0.1) is 0 Å². The molecule has 0 atom stereocenters. The Morgan fingerprint density at radius 2 is 1.29 bits per heavy atom. The van der Waals surface area contributed by atoms with Crippen LogP contribution in [0.1, 0.15) is 43.6 Å². The van der Waals surface area contributed by atoms with Crippen LogP contribution >= 0.6 is 0 Å². The molecule has 0 fully saturated rings. The van der Waals surface area contributed by atoms with E-state index in [4.69, 9.17) is 0 Å². The predicted molar refractivity (Wildman–Crippen MR) is 104 cm³/mol. The van der Waals surface area contributed by atoms with Crippen molar-refractivity contribution in [2.75, 3.05) is 0 Å². The first kappa shape index (κ1) is 17.6. The minimum Gasteiger partial charge on any atom is -0.872 e. The Hall–Kier alpha value is -3.79. The van der Waals surface area contributed by atoms with Crippen LogP contribution in [0.3, 0.4) is 0 Å². The number of carbonyl (C=O) groups is 3. The van der Waals surface area contributed by atoms with Crippen LogP contribution in [0.15, 0.2) is 89.6 Å². The van der Waals surface area contributed by atoms with Crippen molar-refractivity contribution in [2.45, 2.75) is 6.92 Å². The van der Waals surface area contributed by atoms with Gasteiger partial charge in [0.15, 0.2) is 17.3 Å². The molecule has 0 aromatic heterocycles. The van der Waals surface area contributed by atoms with Gasteiger partial charge in [0.2, 0.25) is 0 Å². The van der Waals surface area contributed by atoms with Gasteiger partial charge in [-0.25, -0.2) is 0 Å². The highest BCUT2D eigenvalue weighted by atomic mass is 16.3. The second-order valence-electron chi connectivity index (χ2n) is 6.65. The van der Waals surface area contributed by atoms with Gasteiger partial charge in [-0.3, -0.25) is 14.4 Å². The van der Waals surface area contributed by atoms with Crippen LogP contribution in [0.25, 0.3) is 5.76 Å². The Kier molecular flexibility index (Phi) is 4.24. The molecule has 4 nitrogen and oxygen atoms in total. The molecule has 0 spiro atoms. The molecule has 2 aliphatic rings. The average molecular weight is 367 g/mol. The lowest BCUT2D eigenvalue weighted by atomic mass is 10.1. The first-order chi connectivity index (χ1) is 13.5. The van der Waals surface area contributed by atoms with E-state index in [-0.39, 0.29) is 34.3 Å². The Balaban J connectivity index is 1.58. The summed E-state index contributed by atoms with van der Waals surface area (Å²) >= 11 is 0. The minimum absolute atomic E-state index is 0.113. The molecule has 0 aliphatic heterocycles. The summed E-state index contributed by atoms with van der Waals surface area (Å²) in [5, 5.41) is 12.4. The summed E-state index contributed by atoms with van der Waals surface area (Å²) in [5.41, 5.74) is 2.58. The standard InChI is InChI=1S/C24H16O4/c1-14(10-12-19-21(25)15-6-2-3-7-16(15)22(19)26)11-13-20-23(27)17-8-4-5-9-18(17)24(20)28/h2-13,25H,1H3/p-1/b12-10+,14-11+. The van der Waals surface area contributed by atoms with Crippen molar-refractivity contribution in [2.24, 2.45) is 0 Å². The smallest absolute Gasteiger partial charge is 0.197 e. The van der Waals surface area contributed by atoms with E-state index >= 15 is 0 Å². The minimum atomic E-state index is -0.292. The van der Waals surface area contributed by atoms with Crippen LogP contribution in [-0.2, 0) is 0 Å². The molecule has 4 heteroatoms. The van der Waals surface area contributed by atoms with Gasteiger partial charge in [0.25, 0.3) is 0 Å². The van der Waals surface area contributed by atoms with Gasteiger partial charge in [0.05, 0.1) is 5.57 Å². The van der Waals surface area contributed by atoms with E-state index in [1.807, 2.05) is 0 Å². The molecular weight excluding hydrogens is 352 g/mol. The molecule has 0 saturated heterocycles. The Labute approximate surface area is 161 Å². The van der Waals surface area contributed by atoms with Crippen LogP contribution in [0.4, 0.5) is 0 Å². The van der Waals surface area contributed by atoms with E-state index in [1.165, 1.54) is 12.2 Å². The fraction of sp³-hybridized carbons (Fsp3) is 0.0417. The van der Waals surface area contributed by atoms with E-state index in [9.17, 15) is 19.5 Å². The zero-order chi connectivity index (χ0) is 19.8. The molecule has 4 rings (SSSR count). The van der Waals surface area contributed by atoms with E-state index in [0.29, 0.717) is 27.8 Å². The fourth-order valence-corrected chi connectivity index (χ4v) is 3.33. The van der Waals surface area contributed by atoms with Gasteiger partial charge < -0.3 is 5.11 Å². The van der Waals surface area contributed by atoms with Crippen molar-refractivity contribution < 1.29 is 19.5 Å². The molecule has 0 saturated carbocycles. The quantitative estimate of drug-likeness (QED) is 0.473. The highest BCUT2D eigenvalue weighted by molar-refractivity contribution is 6.39. The molecule has 0 N–H and O–H groups in total. The van der Waals surface area contributed by atoms with Crippen LogP contribution in [0.2, 0.25) is 0 Å². The highest BCUT2D eigenvalue weighted by Gasteiger charge is 2.31. The molecule has 0 heterocycles. The van der Waals surface area contributed by atoms with E-state index in [1.54, 1.807) is 67.6 Å². The van der Waals surface area contributed by atoms with Crippen LogP contribution < -0.4 is 5.11 Å². The maximum atomic E-state index is 12.4. The maximum absolute atomic E-state index is 12.4. The van der Waals surface area contributed by atoms with Crippen molar-refractivity contribution in [1.29, 1.82) is 0 Å². The maximum Gasteiger partial charge on any atom is 0.197 e.